The van der Waals surface area contributed by atoms with Gasteiger partial charge in [0.05, 0.1) is 5.56 Å². The summed E-state index contributed by atoms with van der Waals surface area (Å²) in [6.45, 7) is 1.03. The highest BCUT2D eigenvalue weighted by Crippen LogP contribution is 2.29. The molecular formula is C11H11F4NO2S. The Bertz CT molecular complexity index is 453. The maximum atomic E-state index is 13.3. The molecule has 0 fully saturated rings. The number of benzene rings is 1. The largest absolute Gasteiger partial charge is 0.461 e. The molecule has 19 heavy (non-hydrogen) atoms. The van der Waals surface area contributed by atoms with E-state index < -0.39 is 29.7 Å². The van der Waals surface area contributed by atoms with Crippen LogP contribution in [0.2, 0.25) is 0 Å². The van der Waals surface area contributed by atoms with E-state index in [-0.39, 0.29) is 28.6 Å². The van der Waals surface area contributed by atoms with Crippen molar-refractivity contribution in [3.8, 4) is 0 Å². The van der Waals surface area contributed by atoms with Gasteiger partial charge in [-0.15, -0.1) is 0 Å². The van der Waals surface area contributed by atoms with Crippen molar-refractivity contribution in [2.75, 3.05) is 18.1 Å². The lowest BCUT2D eigenvalue weighted by atomic mass is 10.1. The summed E-state index contributed by atoms with van der Waals surface area (Å²) in [7, 11) is 0. The van der Waals surface area contributed by atoms with E-state index in [9.17, 15) is 22.4 Å². The number of anilines is 1. The van der Waals surface area contributed by atoms with Crippen LogP contribution in [0.5, 0.6) is 0 Å². The SMILES string of the molecule is Cc1c(N)cc(C(=O)OCCSC(F)(F)F)cc1F. The Labute approximate surface area is 111 Å². The number of nitrogens with two attached hydrogens (primary N) is 1. The van der Waals surface area contributed by atoms with Crippen LogP contribution in [-0.2, 0) is 4.74 Å². The average Bonchev–Trinajstić information content (AvgIpc) is 2.29. The molecule has 0 unspecified atom stereocenters. The van der Waals surface area contributed by atoms with Gasteiger partial charge in [-0.1, -0.05) is 0 Å². The van der Waals surface area contributed by atoms with Crippen molar-refractivity contribution in [1.29, 1.82) is 0 Å². The van der Waals surface area contributed by atoms with Crippen LogP contribution >= 0.6 is 11.8 Å². The quantitative estimate of drug-likeness (QED) is 0.401. The summed E-state index contributed by atoms with van der Waals surface area (Å²) in [4.78, 5) is 11.4. The molecule has 0 aliphatic heterocycles. The number of carbonyl (C=O) groups is 1. The third-order valence-electron chi connectivity index (χ3n) is 2.20. The van der Waals surface area contributed by atoms with Crippen molar-refractivity contribution >= 4 is 23.4 Å². The molecule has 0 radical (unpaired) electrons. The van der Waals surface area contributed by atoms with Crippen molar-refractivity contribution in [1.82, 2.24) is 0 Å². The summed E-state index contributed by atoms with van der Waals surface area (Å²) >= 11 is -0.296. The smallest absolute Gasteiger partial charge is 0.441 e. The molecule has 0 saturated carbocycles. The van der Waals surface area contributed by atoms with Gasteiger partial charge in [0.2, 0.25) is 0 Å². The summed E-state index contributed by atoms with van der Waals surface area (Å²) in [6, 6.07) is 2.16. The van der Waals surface area contributed by atoms with Crippen molar-refractivity contribution in [2.24, 2.45) is 0 Å². The molecule has 0 saturated heterocycles. The van der Waals surface area contributed by atoms with Crippen molar-refractivity contribution < 1.29 is 27.1 Å². The molecule has 0 atom stereocenters. The van der Waals surface area contributed by atoms with E-state index >= 15 is 0 Å². The Morgan fingerprint density at radius 1 is 1.42 bits per heavy atom. The van der Waals surface area contributed by atoms with Crippen LogP contribution in [0.3, 0.4) is 0 Å². The third kappa shape index (κ3) is 4.98. The highest BCUT2D eigenvalue weighted by molar-refractivity contribution is 8.00. The zero-order chi connectivity index (χ0) is 14.6. The lowest BCUT2D eigenvalue weighted by Crippen LogP contribution is -2.11. The number of alkyl halides is 3. The summed E-state index contributed by atoms with van der Waals surface area (Å²) in [5, 5.41) is 0. The normalized spacial score (nSPS) is 11.4. The molecule has 3 nitrogen and oxygen atoms in total. The second kappa shape index (κ2) is 6.14. The van der Waals surface area contributed by atoms with E-state index in [1.807, 2.05) is 0 Å². The Morgan fingerprint density at radius 3 is 2.58 bits per heavy atom. The molecule has 0 aliphatic carbocycles. The van der Waals surface area contributed by atoms with Gasteiger partial charge in [-0.25, -0.2) is 9.18 Å². The summed E-state index contributed by atoms with van der Waals surface area (Å²) in [5.74, 6) is -2.00. The van der Waals surface area contributed by atoms with Crippen molar-refractivity contribution in [2.45, 2.75) is 12.4 Å². The number of carbonyl (C=O) groups excluding carboxylic acids is 1. The maximum Gasteiger partial charge on any atom is 0.441 e. The van der Waals surface area contributed by atoms with Crippen LogP contribution in [0.25, 0.3) is 0 Å². The number of hydrogen-bond donors (Lipinski definition) is 1. The summed E-state index contributed by atoms with van der Waals surface area (Å²) < 4.78 is 53.3. The number of ether oxygens (including phenoxy) is 1. The van der Waals surface area contributed by atoms with Crippen LogP contribution in [0.1, 0.15) is 15.9 Å². The second-order valence-corrected chi connectivity index (χ2v) is 4.76. The Hall–Kier alpha value is -1.44. The average molecular weight is 297 g/mol. The molecule has 1 aromatic rings. The van der Waals surface area contributed by atoms with Gasteiger partial charge in [0.25, 0.3) is 0 Å². The molecule has 0 bridgehead atoms. The number of thioether (sulfide) groups is 1. The summed E-state index contributed by atoms with van der Waals surface area (Å²) in [6.07, 6.45) is 0. The van der Waals surface area contributed by atoms with Crippen LogP contribution in [0.4, 0.5) is 23.2 Å². The zero-order valence-electron chi connectivity index (χ0n) is 9.88. The number of halogens is 4. The van der Waals surface area contributed by atoms with Gasteiger partial charge in [0.1, 0.15) is 12.4 Å². The van der Waals surface area contributed by atoms with Gasteiger partial charge in [-0.05, 0) is 30.8 Å². The highest BCUT2D eigenvalue weighted by atomic mass is 32.2. The first-order chi connectivity index (χ1) is 8.70. The third-order valence-corrected chi connectivity index (χ3v) is 2.90. The molecule has 0 amide bonds. The molecule has 0 spiro atoms. The number of hydrogen-bond acceptors (Lipinski definition) is 4. The minimum Gasteiger partial charge on any atom is -0.461 e. The van der Waals surface area contributed by atoms with Gasteiger partial charge in [0, 0.05) is 17.0 Å². The number of esters is 1. The fourth-order valence-corrected chi connectivity index (χ4v) is 1.59. The van der Waals surface area contributed by atoms with Crippen LogP contribution in [0, 0.1) is 12.7 Å². The topological polar surface area (TPSA) is 52.3 Å². The molecule has 8 heteroatoms. The minimum absolute atomic E-state index is 0.0802. The molecule has 1 rings (SSSR count). The molecule has 2 N–H and O–H groups in total. The second-order valence-electron chi connectivity index (χ2n) is 3.60. The van der Waals surface area contributed by atoms with Gasteiger partial charge < -0.3 is 10.5 Å². The predicted molar refractivity (Wildman–Crippen MR) is 64.3 cm³/mol. The first-order valence-electron chi connectivity index (χ1n) is 5.14. The fraction of sp³-hybridized carbons (Fsp3) is 0.364. The Morgan fingerprint density at radius 2 is 2.05 bits per heavy atom. The standard InChI is InChI=1S/C11H11F4NO2S/c1-6-8(12)4-7(5-9(6)16)10(17)18-2-3-19-11(13,14)15/h4-5H,2-3,16H2,1H3. The maximum absolute atomic E-state index is 13.3. The zero-order valence-corrected chi connectivity index (χ0v) is 10.7. The molecule has 0 aromatic heterocycles. The lowest BCUT2D eigenvalue weighted by molar-refractivity contribution is -0.0331. The van der Waals surface area contributed by atoms with Crippen LogP contribution in [-0.4, -0.2) is 23.8 Å². The molecule has 106 valence electrons. The minimum atomic E-state index is -4.37. The van der Waals surface area contributed by atoms with Crippen molar-refractivity contribution in [3.05, 3.63) is 29.1 Å². The van der Waals surface area contributed by atoms with Gasteiger partial charge in [-0.2, -0.15) is 13.2 Å². The Kier molecular flexibility index (Phi) is 5.04. The highest BCUT2D eigenvalue weighted by Gasteiger charge is 2.27. The van der Waals surface area contributed by atoms with Crippen LogP contribution in [0.15, 0.2) is 12.1 Å². The molecular weight excluding hydrogens is 286 g/mol. The van der Waals surface area contributed by atoms with Gasteiger partial charge in [0.15, 0.2) is 0 Å². The predicted octanol–water partition coefficient (Wildman–Crippen LogP) is 3.13. The first kappa shape index (κ1) is 15.6. The lowest BCUT2D eigenvalue weighted by Gasteiger charge is -2.08. The Balaban J connectivity index is 2.55. The van der Waals surface area contributed by atoms with E-state index in [2.05, 4.69) is 4.74 Å². The van der Waals surface area contributed by atoms with E-state index in [0.717, 1.165) is 6.07 Å². The fourth-order valence-electron chi connectivity index (χ4n) is 1.19. The van der Waals surface area contributed by atoms with Gasteiger partial charge in [-0.3, -0.25) is 0 Å². The van der Waals surface area contributed by atoms with E-state index in [1.54, 1.807) is 0 Å². The molecule has 0 heterocycles. The van der Waals surface area contributed by atoms with E-state index in [1.165, 1.54) is 13.0 Å². The molecule has 1 aromatic carbocycles. The van der Waals surface area contributed by atoms with Crippen molar-refractivity contribution in [3.63, 3.8) is 0 Å². The van der Waals surface area contributed by atoms with E-state index in [0.29, 0.717) is 0 Å². The summed E-state index contributed by atoms with van der Waals surface area (Å²) in [5.41, 5.74) is 1.25. The van der Waals surface area contributed by atoms with Gasteiger partial charge >= 0.3 is 11.5 Å². The van der Waals surface area contributed by atoms with E-state index in [4.69, 9.17) is 5.73 Å². The monoisotopic (exact) mass is 297 g/mol. The number of nitrogen functional groups attached to an aromatic ring is 1. The first-order valence-corrected chi connectivity index (χ1v) is 6.12. The number of rotatable bonds is 4. The molecule has 0 aliphatic rings. The van der Waals surface area contributed by atoms with Crippen LogP contribution < -0.4 is 5.73 Å².